The van der Waals surface area contributed by atoms with E-state index < -0.39 is 0 Å². The van der Waals surface area contributed by atoms with E-state index in [1.807, 2.05) is 19.2 Å². The number of anilines is 1. The van der Waals surface area contributed by atoms with Gasteiger partial charge in [-0.2, -0.15) is 0 Å². The first-order valence-corrected chi connectivity index (χ1v) is 5.97. The number of aryl methyl sites for hydroxylation is 1. The number of rotatable bonds is 2. The molecule has 88 valence electrons. The van der Waals surface area contributed by atoms with Gasteiger partial charge >= 0.3 is 0 Å². The predicted molar refractivity (Wildman–Crippen MR) is 65.4 cm³/mol. The topological polar surface area (TPSA) is 55.0 Å². The van der Waals surface area contributed by atoms with Crippen LogP contribution in [0.15, 0.2) is 12.3 Å². The minimum Gasteiger partial charge on any atom is -0.337 e. The molecule has 2 heterocycles. The fourth-order valence-corrected chi connectivity index (χ4v) is 2.31. The maximum absolute atomic E-state index is 5.83. The monoisotopic (exact) mass is 220 g/mol. The summed E-state index contributed by atoms with van der Waals surface area (Å²) in [5, 5.41) is 0. The molecule has 4 heteroatoms. The fourth-order valence-electron chi connectivity index (χ4n) is 2.31. The standard InChI is InChI=1S/C12H20N4/c1-9-4-6-16(11(7-9)8-13)12-14-5-3-10(2)15-12/h3,5,9,11H,4,6-8,13H2,1-2H3. The van der Waals surface area contributed by atoms with Crippen LogP contribution in [0.2, 0.25) is 0 Å². The second-order valence-corrected chi connectivity index (χ2v) is 4.71. The van der Waals surface area contributed by atoms with Crippen LogP contribution in [-0.2, 0) is 0 Å². The van der Waals surface area contributed by atoms with Crippen LogP contribution in [0.1, 0.15) is 25.5 Å². The molecule has 1 aromatic rings. The Kier molecular flexibility index (Phi) is 3.39. The van der Waals surface area contributed by atoms with Crippen molar-refractivity contribution in [3.8, 4) is 0 Å². The second-order valence-electron chi connectivity index (χ2n) is 4.71. The Balaban J connectivity index is 2.19. The number of hydrogen-bond acceptors (Lipinski definition) is 4. The van der Waals surface area contributed by atoms with Crippen LogP contribution in [-0.4, -0.2) is 29.1 Å². The van der Waals surface area contributed by atoms with Crippen LogP contribution in [0.3, 0.4) is 0 Å². The predicted octanol–water partition coefficient (Wildman–Crippen LogP) is 1.35. The first kappa shape index (κ1) is 11.3. The highest BCUT2D eigenvalue weighted by molar-refractivity contribution is 5.33. The molecule has 1 aromatic heterocycles. The van der Waals surface area contributed by atoms with Crippen LogP contribution >= 0.6 is 0 Å². The molecule has 0 saturated carbocycles. The quantitative estimate of drug-likeness (QED) is 0.817. The van der Waals surface area contributed by atoms with Gasteiger partial charge in [-0.3, -0.25) is 0 Å². The zero-order valence-electron chi connectivity index (χ0n) is 10.1. The van der Waals surface area contributed by atoms with Gasteiger partial charge in [0.05, 0.1) is 0 Å². The van der Waals surface area contributed by atoms with E-state index in [1.165, 1.54) is 6.42 Å². The Morgan fingerprint density at radius 1 is 1.56 bits per heavy atom. The molecule has 0 amide bonds. The van der Waals surface area contributed by atoms with E-state index in [0.717, 1.165) is 30.5 Å². The van der Waals surface area contributed by atoms with Crippen molar-refractivity contribution in [1.82, 2.24) is 9.97 Å². The van der Waals surface area contributed by atoms with Gasteiger partial charge in [0.1, 0.15) is 0 Å². The molecule has 2 rings (SSSR count). The molecule has 1 aliphatic rings. The van der Waals surface area contributed by atoms with Crippen molar-refractivity contribution in [1.29, 1.82) is 0 Å². The van der Waals surface area contributed by atoms with E-state index in [0.29, 0.717) is 12.6 Å². The van der Waals surface area contributed by atoms with E-state index in [4.69, 9.17) is 5.73 Å². The van der Waals surface area contributed by atoms with Gasteiger partial charge in [-0.1, -0.05) is 6.92 Å². The molecule has 0 aliphatic carbocycles. The van der Waals surface area contributed by atoms with E-state index >= 15 is 0 Å². The lowest BCUT2D eigenvalue weighted by Crippen LogP contribution is -2.47. The first-order chi connectivity index (χ1) is 7.70. The largest absolute Gasteiger partial charge is 0.337 e. The summed E-state index contributed by atoms with van der Waals surface area (Å²) in [5.41, 5.74) is 6.85. The van der Waals surface area contributed by atoms with Gasteiger partial charge in [-0.05, 0) is 31.7 Å². The lowest BCUT2D eigenvalue weighted by atomic mass is 9.93. The van der Waals surface area contributed by atoms with Gasteiger partial charge in [-0.15, -0.1) is 0 Å². The third-order valence-electron chi connectivity index (χ3n) is 3.29. The van der Waals surface area contributed by atoms with Crippen molar-refractivity contribution in [2.24, 2.45) is 11.7 Å². The maximum atomic E-state index is 5.83. The van der Waals surface area contributed by atoms with Crippen LogP contribution < -0.4 is 10.6 Å². The Bertz CT molecular complexity index is 353. The molecular formula is C12H20N4. The highest BCUT2D eigenvalue weighted by atomic mass is 15.3. The molecule has 2 N–H and O–H groups in total. The van der Waals surface area contributed by atoms with Gasteiger partial charge in [0.15, 0.2) is 0 Å². The van der Waals surface area contributed by atoms with Crippen molar-refractivity contribution in [3.05, 3.63) is 18.0 Å². The minimum absolute atomic E-state index is 0.394. The molecule has 16 heavy (non-hydrogen) atoms. The third-order valence-corrected chi connectivity index (χ3v) is 3.29. The van der Waals surface area contributed by atoms with Crippen molar-refractivity contribution >= 4 is 5.95 Å². The van der Waals surface area contributed by atoms with E-state index in [1.54, 1.807) is 0 Å². The number of nitrogens with zero attached hydrogens (tertiary/aromatic N) is 3. The Hall–Kier alpha value is -1.16. The van der Waals surface area contributed by atoms with Crippen LogP contribution in [0, 0.1) is 12.8 Å². The van der Waals surface area contributed by atoms with Crippen LogP contribution in [0.5, 0.6) is 0 Å². The summed E-state index contributed by atoms with van der Waals surface area (Å²) in [6.45, 7) is 5.99. The Labute approximate surface area is 96.9 Å². The zero-order chi connectivity index (χ0) is 11.5. The molecule has 0 radical (unpaired) electrons. The highest BCUT2D eigenvalue weighted by Crippen LogP contribution is 2.24. The zero-order valence-corrected chi connectivity index (χ0v) is 10.1. The summed E-state index contributed by atoms with van der Waals surface area (Å²) in [6.07, 6.45) is 4.17. The molecule has 1 aliphatic heterocycles. The molecular weight excluding hydrogens is 200 g/mol. The van der Waals surface area contributed by atoms with E-state index in [9.17, 15) is 0 Å². The lowest BCUT2D eigenvalue weighted by molar-refractivity contribution is 0.362. The summed E-state index contributed by atoms with van der Waals surface area (Å²) >= 11 is 0. The van der Waals surface area contributed by atoms with Gasteiger partial charge in [-0.25, -0.2) is 9.97 Å². The highest BCUT2D eigenvalue weighted by Gasteiger charge is 2.26. The summed E-state index contributed by atoms with van der Waals surface area (Å²) in [4.78, 5) is 11.1. The van der Waals surface area contributed by atoms with Gasteiger partial charge in [0.2, 0.25) is 5.95 Å². The Morgan fingerprint density at radius 2 is 2.38 bits per heavy atom. The lowest BCUT2D eigenvalue weighted by Gasteiger charge is -2.38. The van der Waals surface area contributed by atoms with Crippen molar-refractivity contribution in [2.45, 2.75) is 32.7 Å². The first-order valence-electron chi connectivity index (χ1n) is 5.97. The van der Waals surface area contributed by atoms with Crippen molar-refractivity contribution in [2.75, 3.05) is 18.0 Å². The fraction of sp³-hybridized carbons (Fsp3) is 0.667. The van der Waals surface area contributed by atoms with Crippen LogP contribution in [0.4, 0.5) is 5.95 Å². The molecule has 0 spiro atoms. The van der Waals surface area contributed by atoms with Crippen molar-refractivity contribution < 1.29 is 0 Å². The van der Waals surface area contributed by atoms with Gasteiger partial charge in [0, 0.05) is 31.0 Å². The molecule has 1 fully saturated rings. The number of nitrogens with two attached hydrogens (primary N) is 1. The normalized spacial score (nSPS) is 25.8. The third kappa shape index (κ3) is 2.32. The summed E-state index contributed by atoms with van der Waals surface area (Å²) in [7, 11) is 0. The average Bonchev–Trinajstić information content (AvgIpc) is 2.28. The molecule has 0 aromatic carbocycles. The van der Waals surface area contributed by atoms with E-state index in [-0.39, 0.29) is 0 Å². The summed E-state index contributed by atoms with van der Waals surface area (Å²) in [6, 6.07) is 2.32. The average molecular weight is 220 g/mol. The number of aromatic nitrogens is 2. The Morgan fingerprint density at radius 3 is 3.06 bits per heavy atom. The van der Waals surface area contributed by atoms with Crippen molar-refractivity contribution in [3.63, 3.8) is 0 Å². The number of hydrogen-bond donors (Lipinski definition) is 1. The molecule has 1 saturated heterocycles. The maximum Gasteiger partial charge on any atom is 0.225 e. The molecule has 4 nitrogen and oxygen atoms in total. The molecule has 0 bridgehead atoms. The summed E-state index contributed by atoms with van der Waals surface area (Å²) < 4.78 is 0. The van der Waals surface area contributed by atoms with E-state index in [2.05, 4.69) is 21.8 Å². The number of piperidine rings is 1. The van der Waals surface area contributed by atoms with Gasteiger partial charge < -0.3 is 10.6 Å². The van der Waals surface area contributed by atoms with Crippen LogP contribution in [0.25, 0.3) is 0 Å². The summed E-state index contributed by atoms with van der Waals surface area (Å²) in [5.74, 6) is 1.59. The minimum atomic E-state index is 0.394. The molecule has 2 unspecified atom stereocenters. The molecule has 2 atom stereocenters. The smallest absolute Gasteiger partial charge is 0.225 e. The second kappa shape index (κ2) is 4.78. The van der Waals surface area contributed by atoms with Gasteiger partial charge in [0.25, 0.3) is 0 Å². The SMILES string of the molecule is Cc1ccnc(N2CCC(C)CC2CN)n1.